The highest BCUT2D eigenvalue weighted by atomic mass is 16.6. The molecule has 1 aromatic heterocycles. The Kier molecular flexibility index (Phi) is 3.72. The number of amides is 1. The van der Waals surface area contributed by atoms with Gasteiger partial charge in [0.25, 0.3) is 5.91 Å². The van der Waals surface area contributed by atoms with Gasteiger partial charge < -0.3 is 24.5 Å². The van der Waals surface area contributed by atoms with Crippen molar-refractivity contribution >= 4 is 22.5 Å². The SMILES string of the molecule is COc1ccc2c(C(=O)Nc3ccc4c(c3)OCCO4)c(C)[nH]c2c1. The summed E-state index contributed by atoms with van der Waals surface area (Å²) in [7, 11) is 1.62. The van der Waals surface area contributed by atoms with Crippen LogP contribution in [0.25, 0.3) is 10.9 Å². The van der Waals surface area contributed by atoms with Crippen molar-refractivity contribution in [3.63, 3.8) is 0 Å². The molecule has 0 bridgehead atoms. The number of ether oxygens (including phenoxy) is 3. The number of aryl methyl sites for hydroxylation is 1. The van der Waals surface area contributed by atoms with Crippen LogP contribution in [0.3, 0.4) is 0 Å². The van der Waals surface area contributed by atoms with E-state index in [1.807, 2.05) is 25.1 Å². The highest BCUT2D eigenvalue weighted by molar-refractivity contribution is 6.14. The summed E-state index contributed by atoms with van der Waals surface area (Å²) in [6.45, 7) is 2.93. The van der Waals surface area contributed by atoms with E-state index in [1.54, 1.807) is 25.3 Å². The number of rotatable bonds is 3. The zero-order valence-corrected chi connectivity index (χ0v) is 14.0. The van der Waals surface area contributed by atoms with E-state index in [-0.39, 0.29) is 5.91 Å². The average Bonchev–Trinajstić information content (AvgIpc) is 2.96. The maximum absolute atomic E-state index is 12.8. The van der Waals surface area contributed by atoms with Crippen molar-refractivity contribution < 1.29 is 19.0 Å². The number of nitrogens with one attached hydrogen (secondary N) is 2. The van der Waals surface area contributed by atoms with E-state index in [0.717, 1.165) is 22.3 Å². The minimum absolute atomic E-state index is 0.175. The van der Waals surface area contributed by atoms with Gasteiger partial charge >= 0.3 is 0 Å². The fraction of sp³-hybridized carbons (Fsp3) is 0.211. The molecule has 0 unspecified atom stereocenters. The summed E-state index contributed by atoms with van der Waals surface area (Å²) in [5.41, 5.74) is 2.95. The first kappa shape index (κ1) is 15.4. The highest BCUT2D eigenvalue weighted by Crippen LogP contribution is 2.33. The van der Waals surface area contributed by atoms with E-state index >= 15 is 0 Å². The molecule has 3 aromatic rings. The summed E-state index contributed by atoms with van der Waals surface area (Å²) in [6.07, 6.45) is 0. The Morgan fingerprint density at radius 2 is 1.92 bits per heavy atom. The number of aromatic nitrogens is 1. The quantitative estimate of drug-likeness (QED) is 0.766. The first-order valence-corrected chi connectivity index (χ1v) is 8.03. The molecule has 0 saturated carbocycles. The average molecular weight is 338 g/mol. The Bertz CT molecular complexity index is 961. The third-order valence-corrected chi connectivity index (χ3v) is 4.22. The van der Waals surface area contributed by atoms with E-state index in [2.05, 4.69) is 10.3 Å². The van der Waals surface area contributed by atoms with Crippen LogP contribution in [-0.2, 0) is 0 Å². The maximum atomic E-state index is 12.8. The lowest BCUT2D eigenvalue weighted by atomic mass is 10.1. The Hall–Kier alpha value is -3.15. The van der Waals surface area contributed by atoms with E-state index in [4.69, 9.17) is 14.2 Å². The van der Waals surface area contributed by atoms with Gasteiger partial charge in [0.05, 0.1) is 18.2 Å². The molecule has 25 heavy (non-hydrogen) atoms. The van der Waals surface area contributed by atoms with Gasteiger partial charge in [0.1, 0.15) is 19.0 Å². The molecule has 2 aromatic carbocycles. The third kappa shape index (κ3) is 2.76. The molecule has 1 aliphatic heterocycles. The first-order valence-electron chi connectivity index (χ1n) is 8.03. The molecular formula is C19H18N2O4. The molecule has 0 atom stereocenters. The van der Waals surface area contributed by atoms with Crippen LogP contribution >= 0.6 is 0 Å². The number of anilines is 1. The van der Waals surface area contributed by atoms with Crippen LogP contribution in [0.5, 0.6) is 17.2 Å². The number of hydrogen-bond acceptors (Lipinski definition) is 4. The van der Waals surface area contributed by atoms with Crippen LogP contribution < -0.4 is 19.5 Å². The second kappa shape index (κ2) is 6.05. The van der Waals surface area contributed by atoms with Gasteiger partial charge in [0.2, 0.25) is 0 Å². The van der Waals surface area contributed by atoms with Gasteiger partial charge in [-0.1, -0.05) is 0 Å². The lowest BCUT2D eigenvalue weighted by molar-refractivity contribution is 0.102. The van der Waals surface area contributed by atoms with Crippen LogP contribution in [0.2, 0.25) is 0 Å². The summed E-state index contributed by atoms with van der Waals surface area (Å²) in [4.78, 5) is 16.0. The number of aromatic amines is 1. The Labute approximate surface area is 144 Å². The smallest absolute Gasteiger partial charge is 0.258 e. The summed E-state index contributed by atoms with van der Waals surface area (Å²) >= 11 is 0. The van der Waals surface area contributed by atoms with Crippen molar-refractivity contribution in [2.24, 2.45) is 0 Å². The fourth-order valence-corrected chi connectivity index (χ4v) is 3.05. The van der Waals surface area contributed by atoms with Crippen molar-refractivity contribution in [1.82, 2.24) is 4.98 Å². The maximum Gasteiger partial charge on any atom is 0.258 e. The second-order valence-corrected chi connectivity index (χ2v) is 5.85. The van der Waals surface area contributed by atoms with Gasteiger partial charge in [-0.15, -0.1) is 0 Å². The number of methoxy groups -OCH3 is 1. The third-order valence-electron chi connectivity index (χ3n) is 4.22. The molecule has 0 aliphatic carbocycles. The zero-order chi connectivity index (χ0) is 17.4. The summed E-state index contributed by atoms with van der Waals surface area (Å²) in [6, 6.07) is 11.0. The molecule has 128 valence electrons. The standard InChI is InChI=1S/C19H18N2O4/c1-11-18(14-5-4-13(23-2)10-15(14)20-11)19(22)21-12-3-6-16-17(9-12)25-8-7-24-16/h3-6,9-10,20H,7-8H2,1-2H3,(H,21,22). The summed E-state index contributed by atoms with van der Waals surface area (Å²) in [5.74, 6) is 1.90. The van der Waals surface area contributed by atoms with Crippen molar-refractivity contribution in [3.05, 3.63) is 47.7 Å². The topological polar surface area (TPSA) is 72.6 Å². The molecule has 2 N–H and O–H groups in total. The van der Waals surface area contributed by atoms with Gasteiger partial charge in [0.15, 0.2) is 11.5 Å². The van der Waals surface area contributed by atoms with E-state index in [1.165, 1.54) is 0 Å². The summed E-state index contributed by atoms with van der Waals surface area (Å²) in [5, 5.41) is 3.79. The van der Waals surface area contributed by atoms with Gasteiger partial charge in [-0.2, -0.15) is 0 Å². The molecule has 1 amide bonds. The zero-order valence-electron chi connectivity index (χ0n) is 14.0. The minimum Gasteiger partial charge on any atom is -0.497 e. The number of benzene rings is 2. The lowest BCUT2D eigenvalue weighted by Gasteiger charge is -2.19. The fourth-order valence-electron chi connectivity index (χ4n) is 3.05. The van der Waals surface area contributed by atoms with Gasteiger partial charge in [-0.05, 0) is 31.2 Å². The summed E-state index contributed by atoms with van der Waals surface area (Å²) < 4.78 is 16.3. The molecule has 0 fully saturated rings. The van der Waals surface area contributed by atoms with Crippen molar-refractivity contribution in [3.8, 4) is 17.2 Å². The molecule has 0 radical (unpaired) electrons. The van der Waals surface area contributed by atoms with E-state index in [9.17, 15) is 4.79 Å². The van der Waals surface area contributed by atoms with Crippen LogP contribution in [0, 0.1) is 6.92 Å². The predicted molar refractivity (Wildman–Crippen MR) is 95.0 cm³/mol. The number of H-pyrrole nitrogens is 1. The minimum atomic E-state index is -0.175. The molecule has 6 heteroatoms. The first-order chi connectivity index (χ1) is 12.2. The van der Waals surface area contributed by atoms with Crippen molar-refractivity contribution in [2.75, 3.05) is 25.6 Å². The number of fused-ring (bicyclic) bond motifs is 2. The van der Waals surface area contributed by atoms with Crippen LogP contribution in [0.4, 0.5) is 5.69 Å². The molecule has 4 rings (SSSR count). The van der Waals surface area contributed by atoms with E-state index in [0.29, 0.717) is 36.0 Å². The van der Waals surface area contributed by atoms with Crippen molar-refractivity contribution in [1.29, 1.82) is 0 Å². The van der Waals surface area contributed by atoms with Gasteiger partial charge in [0, 0.05) is 28.9 Å². The predicted octanol–water partition coefficient (Wildman–Crippen LogP) is 3.51. The molecule has 2 heterocycles. The van der Waals surface area contributed by atoms with Crippen molar-refractivity contribution in [2.45, 2.75) is 6.92 Å². The Morgan fingerprint density at radius 1 is 1.12 bits per heavy atom. The number of carbonyl (C=O) groups is 1. The van der Waals surface area contributed by atoms with Crippen LogP contribution in [-0.4, -0.2) is 31.2 Å². The van der Waals surface area contributed by atoms with Gasteiger partial charge in [-0.3, -0.25) is 4.79 Å². The van der Waals surface area contributed by atoms with Gasteiger partial charge in [-0.25, -0.2) is 0 Å². The molecule has 6 nitrogen and oxygen atoms in total. The van der Waals surface area contributed by atoms with Crippen LogP contribution in [0.15, 0.2) is 36.4 Å². The molecule has 1 aliphatic rings. The highest BCUT2D eigenvalue weighted by Gasteiger charge is 2.18. The second-order valence-electron chi connectivity index (χ2n) is 5.85. The largest absolute Gasteiger partial charge is 0.497 e. The molecular weight excluding hydrogens is 320 g/mol. The van der Waals surface area contributed by atoms with Crippen LogP contribution in [0.1, 0.15) is 16.1 Å². The number of carbonyl (C=O) groups excluding carboxylic acids is 1. The Morgan fingerprint density at radius 3 is 2.72 bits per heavy atom. The molecule has 0 spiro atoms. The number of hydrogen-bond donors (Lipinski definition) is 2. The monoisotopic (exact) mass is 338 g/mol. The molecule has 0 saturated heterocycles. The Balaban J connectivity index is 1.65. The van der Waals surface area contributed by atoms with E-state index < -0.39 is 0 Å². The lowest BCUT2D eigenvalue weighted by Crippen LogP contribution is -2.16. The normalized spacial score (nSPS) is 12.9.